The van der Waals surface area contributed by atoms with Gasteiger partial charge in [0.2, 0.25) is 10.0 Å². The first-order chi connectivity index (χ1) is 9.40. The van der Waals surface area contributed by atoms with Crippen LogP contribution in [-0.2, 0) is 10.0 Å². The lowest BCUT2D eigenvalue weighted by Crippen LogP contribution is -2.30. The molecule has 0 saturated carbocycles. The van der Waals surface area contributed by atoms with Crippen LogP contribution in [-0.4, -0.2) is 21.5 Å². The zero-order valence-electron chi connectivity index (χ0n) is 12.0. The number of nitrogens with two attached hydrogens (primary N) is 1. The van der Waals surface area contributed by atoms with Gasteiger partial charge in [0.1, 0.15) is 5.82 Å². The molecule has 0 amide bonds. The molecule has 1 rings (SSSR count). The minimum atomic E-state index is -3.60. The lowest BCUT2D eigenvalue weighted by atomic mass is 10.0. The molecule has 0 aromatic heterocycles. The average molecular weight is 302 g/mol. The lowest BCUT2D eigenvalue weighted by Gasteiger charge is -2.16. The lowest BCUT2D eigenvalue weighted by molar-refractivity contribution is 0.443. The molecule has 1 aromatic carbocycles. The van der Waals surface area contributed by atoms with Crippen LogP contribution < -0.4 is 10.5 Å². The Morgan fingerprint density at radius 3 is 2.60 bits per heavy atom. The van der Waals surface area contributed by atoms with E-state index in [1.807, 2.05) is 0 Å². The highest BCUT2D eigenvalue weighted by Gasteiger charge is 2.18. The summed E-state index contributed by atoms with van der Waals surface area (Å²) < 4.78 is 40.0. The molecule has 3 N–H and O–H groups in total. The summed E-state index contributed by atoms with van der Waals surface area (Å²) in [7, 11) is -3.60. The Balaban J connectivity index is 2.78. The van der Waals surface area contributed by atoms with Crippen LogP contribution in [0.25, 0.3) is 0 Å². The zero-order valence-corrected chi connectivity index (χ0v) is 12.8. The van der Waals surface area contributed by atoms with E-state index in [2.05, 4.69) is 11.6 Å². The van der Waals surface area contributed by atoms with E-state index < -0.39 is 15.8 Å². The third-order valence-electron chi connectivity index (χ3n) is 3.26. The van der Waals surface area contributed by atoms with Crippen molar-refractivity contribution in [1.82, 2.24) is 4.72 Å². The molecule has 0 radical (unpaired) electrons. The highest BCUT2D eigenvalue weighted by Crippen LogP contribution is 2.17. The topological polar surface area (TPSA) is 72.2 Å². The monoisotopic (exact) mass is 302 g/mol. The number of benzene rings is 1. The van der Waals surface area contributed by atoms with Gasteiger partial charge in [-0.2, -0.15) is 0 Å². The standard InChI is InChI=1S/C14H23FN2O2S/c1-3-4-12(7-8-16)10-17-20(18,19)14-6-5-13(15)9-11(14)2/h5-6,9,12,17H,3-4,7-8,10,16H2,1-2H3. The summed E-state index contributed by atoms with van der Waals surface area (Å²) in [5, 5.41) is 0. The summed E-state index contributed by atoms with van der Waals surface area (Å²) in [6.45, 7) is 4.55. The molecule has 1 atom stereocenters. The molecular weight excluding hydrogens is 279 g/mol. The number of aryl methyl sites for hydroxylation is 1. The van der Waals surface area contributed by atoms with E-state index in [0.29, 0.717) is 18.7 Å². The summed E-state index contributed by atoms with van der Waals surface area (Å²) >= 11 is 0. The van der Waals surface area contributed by atoms with Gasteiger partial charge < -0.3 is 5.73 Å². The van der Waals surface area contributed by atoms with Gasteiger partial charge in [0.25, 0.3) is 0 Å². The Labute approximate surface area is 120 Å². The number of halogens is 1. The van der Waals surface area contributed by atoms with E-state index in [4.69, 9.17) is 5.73 Å². The molecule has 1 aromatic rings. The summed E-state index contributed by atoms with van der Waals surface area (Å²) in [5.41, 5.74) is 5.94. The first-order valence-electron chi connectivity index (χ1n) is 6.86. The third-order valence-corrected chi connectivity index (χ3v) is 4.84. The van der Waals surface area contributed by atoms with Crippen molar-refractivity contribution in [2.45, 2.75) is 38.0 Å². The highest BCUT2D eigenvalue weighted by atomic mass is 32.2. The van der Waals surface area contributed by atoms with Gasteiger partial charge >= 0.3 is 0 Å². The molecule has 0 heterocycles. The first-order valence-corrected chi connectivity index (χ1v) is 8.35. The molecule has 0 aliphatic carbocycles. The Hall–Kier alpha value is -0.980. The number of sulfonamides is 1. The molecule has 4 nitrogen and oxygen atoms in total. The van der Waals surface area contributed by atoms with E-state index in [1.54, 1.807) is 6.92 Å². The van der Waals surface area contributed by atoms with Crippen molar-refractivity contribution in [3.63, 3.8) is 0 Å². The van der Waals surface area contributed by atoms with Crippen LogP contribution in [0.3, 0.4) is 0 Å². The van der Waals surface area contributed by atoms with Crippen molar-refractivity contribution < 1.29 is 12.8 Å². The van der Waals surface area contributed by atoms with Gasteiger partial charge in [-0.1, -0.05) is 13.3 Å². The maximum absolute atomic E-state index is 13.0. The maximum atomic E-state index is 13.0. The second-order valence-corrected chi connectivity index (χ2v) is 6.73. The summed E-state index contributed by atoms with van der Waals surface area (Å²) in [6, 6.07) is 3.67. The molecule has 0 spiro atoms. The number of hydrogen-bond acceptors (Lipinski definition) is 3. The van der Waals surface area contributed by atoms with Gasteiger partial charge in [-0.25, -0.2) is 17.5 Å². The van der Waals surface area contributed by atoms with Gasteiger partial charge in [0, 0.05) is 6.54 Å². The fourth-order valence-corrected chi connectivity index (χ4v) is 3.55. The smallest absolute Gasteiger partial charge is 0.240 e. The van der Waals surface area contributed by atoms with Crippen LogP contribution in [0.1, 0.15) is 31.7 Å². The molecular formula is C14H23FN2O2S. The van der Waals surface area contributed by atoms with Crippen LogP contribution in [0.5, 0.6) is 0 Å². The summed E-state index contributed by atoms with van der Waals surface area (Å²) in [5.74, 6) is -0.200. The highest BCUT2D eigenvalue weighted by molar-refractivity contribution is 7.89. The Bertz CT molecular complexity index is 526. The van der Waals surface area contributed by atoms with E-state index in [-0.39, 0.29) is 10.8 Å². The minimum absolute atomic E-state index is 0.127. The summed E-state index contributed by atoms with van der Waals surface area (Å²) in [6.07, 6.45) is 2.71. The SMILES string of the molecule is CCCC(CCN)CNS(=O)(=O)c1ccc(F)cc1C. The van der Waals surface area contributed by atoms with Gasteiger partial charge in [0.15, 0.2) is 0 Å². The van der Waals surface area contributed by atoms with E-state index in [0.717, 1.165) is 25.3 Å². The van der Waals surface area contributed by atoms with Crippen LogP contribution in [0.4, 0.5) is 4.39 Å². The Kier molecular flexibility index (Phi) is 6.58. The average Bonchev–Trinajstić information content (AvgIpc) is 2.36. The molecule has 0 aliphatic rings. The molecule has 6 heteroatoms. The fraction of sp³-hybridized carbons (Fsp3) is 0.571. The molecule has 20 heavy (non-hydrogen) atoms. The van der Waals surface area contributed by atoms with Gasteiger partial charge in [-0.15, -0.1) is 0 Å². The van der Waals surface area contributed by atoms with Crippen molar-refractivity contribution >= 4 is 10.0 Å². The normalized spacial score (nSPS) is 13.4. The van der Waals surface area contributed by atoms with Crippen molar-refractivity contribution in [3.8, 4) is 0 Å². The predicted molar refractivity (Wildman–Crippen MR) is 78.4 cm³/mol. The van der Waals surface area contributed by atoms with Crippen LogP contribution in [0.2, 0.25) is 0 Å². The number of hydrogen-bond donors (Lipinski definition) is 2. The van der Waals surface area contributed by atoms with Crippen molar-refractivity contribution in [2.24, 2.45) is 11.7 Å². The molecule has 0 aliphatic heterocycles. The summed E-state index contributed by atoms with van der Waals surface area (Å²) in [4.78, 5) is 0.127. The minimum Gasteiger partial charge on any atom is -0.330 e. The van der Waals surface area contributed by atoms with Crippen molar-refractivity contribution in [2.75, 3.05) is 13.1 Å². The Morgan fingerprint density at radius 2 is 2.05 bits per heavy atom. The molecule has 1 unspecified atom stereocenters. The van der Waals surface area contributed by atoms with Gasteiger partial charge in [-0.05, 0) is 56.0 Å². The quantitative estimate of drug-likeness (QED) is 0.773. The number of nitrogens with one attached hydrogen (secondary N) is 1. The number of rotatable bonds is 8. The Morgan fingerprint density at radius 1 is 1.35 bits per heavy atom. The van der Waals surface area contributed by atoms with Crippen LogP contribution in [0.15, 0.2) is 23.1 Å². The molecule has 0 bridgehead atoms. The van der Waals surface area contributed by atoms with Crippen molar-refractivity contribution in [1.29, 1.82) is 0 Å². The zero-order chi connectivity index (χ0) is 15.2. The van der Waals surface area contributed by atoms with E-state index >= 15 is 0 Å². The van der Waals surface area contributed by atoms with Crippen LogP contribution in [0, 0.1) is 18.7 Å². The second kappa shape index (κ2) is 7.71. The second-order valence-electron chi connectivity index (χ2n) is 4.99. The van der Waals surface area contributed by atoms with Gasteiger partial charge in [-0.3, -0.25) is 0 Å². The van der Waals surface area contributed by atoms with Crippen molar-refractivity contribution in [3.05, 3.63) is 29.6 Å². The van der Waals surface area contributed by atoms with E-state index in [9.17, 15) is 12.8 Å². The van der Waals surface area contributed by atoms with Gasteiger partial charge in [0.05, 0.1) is 4.90 Å². The predicted octanol–water partition coefficient (Wildman–Crippen LogP) is 2.18. The molecule has 0 fully saturated rings. The molecule has 114 valence electrons. The van der Waals surface area contributed by atoms with E-state index in [1.165, 1.54) is 12.1 Å². The molecule has 0 saturated heterocycles. The van der Waals surface area contributed by atoms with Crippen LogP contribution >= 0.6 is 0 Å². The third kappa shape index (κ3) is 4.85. The maximum Gasteiger partial charge on any atom is 0.240 e. The largest absolute Gasteiger partial charge is 0.330 e. The first kappa shape index (κ1) is 17.1. The fourth-order valence-electron chi connectivity index (χ4n) is 2.21.